The lowest BCUT2D eigenvalue weighted by Crippen LogP contribution is -2.36. The van der Waals surface area contributed by atoms with Crippen molar-refractivity contribution >= 4 is 17.7 Å². The third-order valence-electron chi connectivity index (χ3n) is 2.47. The molecule has 0 aliphatic heterocycles. The summed E-state index contributed by atoms with van der Waals surface area (Å²) in [6.07, 6.45) is 2.19. The highest BCUT2D eigenvalue weighted by molar-refractivity contribution is 5.93. The zero-order chi connectivity index (χ0) is 14.4. The van der Waals surface area contributed by atoms with E-state index in [2.05, 4.69) is 15.2 Å². The molecule has 0 aliphatic rings. The molecule has 0 aromatic carbocycles. The molecule has 0 saturated carbocycles. The van der Waals surface area contributed by atoms with Crippen molar-refractivity contribution in [2.24, 2.45) is 11.7 Å². The molecule has 0 radical (unpaired) electrons. The number of nitrogens with zero attached hydrogens (tertiary/aromatic N) is 2. The summed E-state index contributed by atoms with van der Waals surface area (Å²) >= 11 is 0. The van der Waals surface area contributed by atoms with Gasteiger partial charge < -0.3 is 15.8 Å². The number of rotatable bonds is 6. The van der Waals surface area contributed by atoms with Gasteiger partial charge in [-0.05, 0) is 12.3 Å². The summed E-state index contributed by atoms with van der Waals surface area (Å²) in [5.74, 6) is 0.0280. The van der Waals surface area contributed by atoms with Crippen LogP contribution in [0.15, 0.2) is 12.3 Å². The topological polar surface area (TPSA) is 99.2 Å². The van der Waals surface area contributed by atoms with Crippen LogP contribution in [0, 0.1) is 5.92 Å². The average Bonchev–Trinajstić information content (AvgIpc) is 2.75. The number of methoxy groups -OCH3 is 1. The molecular formula is C12H20N4O3. The summed E-state index contributed by atoms with van der Waals surface area (Å²) in [5.41, 5.74) is 5.75. The van der Waals surface area contributed by atoms with E-state index in [9.17, 15) is 9.59 Å². The molecule has 1 heterocycles. The van der Waals surface area contributed by atoms with E-state index in [4.69, 9.17) is 5.73 Å². The molecule has 1 amide bonds. The maximum atomic E-state index is 11.8. The molecule has 1 aromatic heterocycles. The van der Waals surface area contributed by atoms with E-state index in [0.29, 0.717) is 18.2 Å². The zero-order valence-corrected chi connectivity index (χ0v) is 11.4. The van der Waals surface area contributed by atoms with Gasteiger partial charge in [0, 0.05) is 12.3 Å². The van der Waals surface area contributed by atoms with Crippen LogP contribution >= 0.6 is 0 Å². The van der Waals surface area contributed by atoms with Crippen LogP contribution in [0.25, 0.3) is 0 Å². The average molecular weight is 268 g/mol. The van der Waals surface area contributed by atoms with Gasteiger partial charge in [0.05, 0.1) is 13.2 Å². The highest BCUT2D eigenvalue weighted by Gasteiger charge is 2.16. The Balaban J connectivity index is 2.53. The van der Waals surface area contributed by atoms with Crippen molar-refractivity contribution in [3.8, 4) is 0 Å². The van der Waals surface area contributed by atoms with Crippen molar-refractivity contribution in [3.05, 3.63) is 12.3 Å². The van der Waals surface area contributed by atoms with E-state index in [0.717, 1.165) is 0 Å². The number of carbonyl (C=O) groups is 2. The quantitative estimate of drug-likeness (QED) is 0.726. The van der Waals surface area contributed by atoms with E-state index in [-0.39, 0.29) is 12.5 Å². The normalized spacial score (nSPS) is 12.3. The second kappa shape index (κ2) is 6.89. The number of nitrogens with two attached hydrogens (primary N) is 1. The minimum absolute atomic E-state index is 0.00438. The lowest BCUT2D eigenvalue weighted by molar-refractivity contribution is -0.141. The fraction of sp³-hybridized carbons (Fsp3) is 0.583. The van der Waals surface area contributed by atoms with E-state index in [1.54, 1.807) is 12.3 Å². The number of hydrogen-bond acceptors (Lipinski definition) is 5. The maximum Gasteiger partial charge on any atom is 0.327 e. The van der Waals surface area contributed by atoms with Crippen molar-refractivity contribution in [2.45, 2.75) is 32.9 Å². The molecule has 0 spiro atoms. The Morgan fingerprint density at radius 1 is 1.53 bits per heavy atom. The predicted molar refractivity (Wildman–Crippen MR) is 70.3 cm³/mol. The number of aromatic nitrogens is 2. The Morgan fingerprint density at radius 3 is 2.79 bits per heavy atom. The Kier molecular flexibility index (Phi) is 5.50. The molecular weight excluding hydrogens is 248 g/mol. The van der Waals surface area contributed by atoms with Crippen molar-refractivity contribution in [1.82, 2.24) is 9.78 Å². The second-order valence-electron chi connectivity index (χ2n) is 4.70. The second-order valence-corrected chi connectivity index (χ2v) is 4.70. The SMILES string of the molecule is COC(=O)Cn1ccc(NC(=O)[C@@H](N)CC(C)C)n1. The Morgan fingerprint density at radius 2 is 2.21 bits per heavy atom. The number of nitrogens with one attached hydrogen (secondary N) is 1. The maximum absolute atomic E-state index is 11.8. The highest BCUT2D eigenvalue weighted by Crippen LogP contribution is 2.07. The number of esters is 1. The smallest absolute Gasteiger partial charge is 0.327 e. The van der Waals surface area contributed by atoms with Crippen molar-refractivity contribution in [1.29, 1.82) is 0 Å². The van der Waals surface area contributed by atoms with Crippen molar-refractivity contribution in [2.75, 3.05) is 12.4 Å². The lowest BCUT2D eigenvalue weighted by Gasteiger charge is -2.12. The van der Waals surface area contributed by atoms with E-state index < -0.39 is 12.0 Å². The largest absolute Gasteiger partial charge is 0.468 e. The Hall–Kier alpha value is -1.89. The third kappa shape index (κ3) is 5.09. The lowest BCUT2D eigenvalue weighted by atomic mass is 10.0. The molecule has 0 aliphatic carbocycles. The van der Waals surface area contributed by atoms with Gasteiger partial charge in [0.2, 0.25) is 5.91 Å². The first-order chi connectivity index (χ1) is 8.92. The highest BCUT2D eigenvalue weighted by atomic mass is 16.5. The monoisotopic (exact) mass is 268 g/mol. The van der Waals surface area contributed by atoms with Crippen LogP contribution in [0.2, 0.25) is 0 Å². The van der Waals surface area contributed by atoms with Gasteiger partial charge >= 0.3 is 5.97 Å². The molecule has 106 valence electrons. The minimum Gasteiger partial charge on any atom is -0.468 e. The van der Waals surface area contributed by atoms with Crippen molar-refractivity contribution < 1.29 is 14.3 Å². The van der Waals surface area contributed by atoms with Gasteiger partial charge in [-0.2, -0.15) is 5.10 Å². The number of ether oxygens (including phenoxy) is 1. The molecule has 19 heavy (non-hydrogen) atoms. The van der Waals surface area contributed by atoms with E-state index >= 15 is 0 Å². The van der Waals surface area contributed by atoms with Crippen LogP contribution in [0.4, 0.5) is 5.82 Å². The number of carbonyl (C=O) groups excluding carboxylic acids is 2. The van der Waals surface area contributed by atoms with Crippen LogP contribution in [-0.2, 0) is 20.9 Å². The Bertz CT molecular complexity index is 442. The van der Waals surface area contributed by atoms with Crippen LogP contribution in [-0.4, -0.2) is 34.8 Å². The summed E-state index contributed by atoms with van der Waals surface area (Å²) in [7, 11) is 1.31. The molecule has 0 bridgehead atoms. The number of anilines is 1. The van der Waals surface area contributed by atoms with E-state index in [1.165, 1.54) is 11.8 Å². The van der Waals surface area contributed by atoms with Gasteiger partial charge in [0.1, 0.15) is 6.54 Å². The standard InChI is InChI=1S/C12H20N4O3/c1-8(2)6-9(13)12(18)14-10-4-5-16(15-10)7-11(17)19-3/h4-5,8-9H,6-7,13H2,1-3H3,(H,14,15,18)/t9-/m0/s1. The fourth-order valence-electron chi connectivity index (χ4n) is 1.55. The third-order valence-corrected chi connectivity index (χ3v) is 2.47. The van der Waals surface area contributed by atoms with Gasteiger partial charge in [-0.1, -0.05) is 13.8 Å². The Labute approximate surface area is 112 Å². The number of hydrogen-bond donors (Lipinski definition) is 2. The minimum atomic E-state index is -0.564. The summed E-state index contributed by atoms with van der Waals surface area (Å²) in [5, 5.41) is 6.64. The summed E-state index contributed by atoms with van der Waals surface area (Å²) in [6.45, 7) is 4.00. The summed E-state index contributed by atoms with van der Waals surface area (Å²) < 4.78 is 5.90. The van der Waals surface area contributed by atoms with Crippen LogP contribution in [0.5, 0.6) is 0 Å². The molecule has 1 atom stereocenters. The van der Waals surface area contributed by atoms with E-state index in [1.807, 2.05) is 13.8 Å². The van der Waals surface area contributed by atoms with Gasteiger partial charge in [0.15, 0.2) is 5.82 Å². The first kappa shape index (κ1) is 15.2. The molecule has 7 heteroatoms. The predicted octanol–water partition coefficient (Wildman–Crippen LogP) is 0.368. The summed E-state index contributed by atoms with van der Waals surface area (Å²) in [4.78, 5) is 22.8. The van der Waals surface area contributed by atoms with Gasteiger partial charge in [-0.25, -0.2) is 0 Å². The first-order valence-electron chi connectivity index (χ1n) is 6.09. The molecule has 0 saturated heterocycles. The van der Waals surface area contributed by atoms with Crippen LogP contribution in [0.1, 0.15) is 20.3 Å². The molecule has 1 aromatic rings. The molecule has 0 fully saturated rings. The van der Waals surface area contributed by atoms with Gasteiger partial charge in [0.25, 0.3) is 0 Å². The molecule has 7 nitrogen and oxygen atoms in total. The van der Waals surface area contributed by atoms with Crippen LogP contribution in [0.3, 0.4) is 0 Å². The van der Waals surface area contributed by atoms with Crippen LogP contribution < -0.4 is 11.1 Å². The van der Waals surface area contributed by atoms with Crippen molar-refractivity contribution in [3.63, 3.8) is 0 Å². The molecule has 0 unspecified atom stereocenters. The first-order valence-corrected chi connectivity index (χ1v) is 6.09. The molecule has 1 rings (SSSR count). The number of amides is 1. The molecule has 3 N–H and O–H groups in total. The zero-order valence-electron chi connectivity index (χ0n) is 11.4. The fourth-order valence-corrected chi connectivity index (χ4v) is 1.55. The summed E-state index contributed by atoms with van der Waals surface area (Å²) in [6, 6.07) is 1.04. The van der Waals surface area contributed by atoms with Gasteiger partial charge in [-0.15, -0.1) is 0 Å². The van der Waals surface area contributed by atoms with Gasteiger partial charge in [-0.3, -0.25) is 14.3 Å².